The number of carbonyl (C=O) groups is 1. The van der Waals surface area contributed by atoms with Gasteiger partial charge in [0.25, 0.3) is 0 Å². The minimum atomic E-state index is -0.549. The van der Waals surface area contributed by atoms with Crippen molar-refractivity contribution in [1.82, 2.24) is 4.90 Å². The fourth-order valence-electron chi connectivity index (χ4n) is 2.27. The van der Waals surface area contributed by atoms with Gasteiger partial charge >= 0.3 is 0 Å². The quantitative estimate of drug-likeness (QED) is 0.900. The summed E-state index contributed by atoms with van der Waals surface area (Å²) < 4.78 is 13.6. The lowest BCUT2D eigenvalue weighted by Gasteiger charge is -2.33. The van der Waals surface area contributed by atoms with Crippen LogP contribution in [-0.2, 0) is 4.79 Å². The Bertz CT molecular complexity index is 490. The van der Waals surface area contributed by atoms with Crippen molar-refractivity contribution in [2.75, 3.05) is 18.4 Å². The third kappa shape index (κ3) is 3.69. The molecule has 1 aliphatic heterocycles. The Kier molecular flexibility index (Phi) is 4.96. The number of amides is 1. The lowest BCUT2D eigenvalue weighted by Crippen LogP contribution is -2.47. The van der Waals surface area contributed by atoms with Crippen molar-refractivity contribution in [3.63, 3.8) is 0 Å². The third-order valence-electron chi connectivity index (χ3n) is 3.62. The average molecular weight is 301 g/mol. The number of piperidine rings is 1. The second-order valence-electron chi connectivity index (χ2n) is 5.06. The molecule has 2 rings (SSSR count). The Morgan fingerprint density at radius 1 is 1.50 bits per heavy atom. The highest BCUT2D eigenvalue weighted by Crippen LogP contribution is 2.20. The van der Waals surface area contributed by atoms with E-state index in [1.54, 1.807) is 6.92 Å². The van der Waals surface area contributed by atoms with Crippen LogP contribution in [0.2, 0.25) is 5.02 Å². The monoisotopic (exact) mass is 300 g/mol. The van der Waals surface area contributed by atoms with Gasteiger partial charge in [0.05, 0.1) is 17.8 Å². The number of nitrogens with one attached hydrogen (secondary N) is 1. The van der Waals surface area contributed by atoms with Crippen LogP contribution in [0.15, 0.2) is 18.2 Å². The van der Waals surface area contributed by atoms with E-state index in [4.69, 9.17) is 11.6 Å². The van der Waals surface area contributed by atoms with E-state index >= 15 is 0 Å². The maximum absolute atomic E-state index is 13.6. The van der Waals surface area contributed by atoms with Crippen molar-refractivity contribution in [2.45, 2.75) is 31.9 Å². The molecule has 1 atom stereocenters. The molecule has 20 heavy (non-hydrogen) atoms. The van der Waals surface area contributed by atoms with Crippen LogP contribution >= 0.6 is 11.6 Å². The highest BCUT2D eigenvalue weighted by molar-refractivity contribution is 6.30. The number of halogens is 2. The highest BCUT2D eigenvalue weighted by atomic mass is 35.5. The number of anilines is 1. The number of benzene rings is 1. The second-order valence-corrected chi connectivity index (χ2v) is 5.49. The van der Waals surface area contributed by atoms with Gasteiger partial charge in [-0.25, -0.2) is 4.39 Å². The summed E-state index contributed by atoms with van der Waals surface area (Å²) in [6.45, 7) is 3.11. The first-order valence-corrected chi connectivity index (χ1v) is 7.03. The SMILES string of the molecule is CC(C(=O)Nc1ccc(Cl)cc1F)N1CCC(O)CC1. The summed E-state index contributed by atoms with van der Waals surface area (Å²) in [5.41, 5.74) is 0.128. The highest BCUT2D eigenvalue weighted by Gasteiger charge is 2.26. The molecule has 1 aliphatic rings. The van der Waals surface area contributed by atoms with Gasteiger partial charge in [0.15, 0.2) is 0 Å². The summed E-state index contributed by atoms with van der Waals surface area (Å²) in [5, 5.41) is 12.3. The van der Waals surface area contributed by atoms with Crippen LogP contribution in [0.25, 0.3) is 0 Å². The number of hydrogen-bond acceptors (Lipinski definition) is 3. The van der Waals surface area contributed by atoms with Crippen molar-refractivity contribution in [2.24, 2.45) is 0 Å². The Hall–Kier alpha value is -1.17. The second kappa shape index (κ2) is 6.52. The van der Waals surface area contributed by atoms with Gasteiger partial charge in [0.2, 0.25) is 5.91 Å². The van der Waals surface area contributed by atoms with Gasteiger partial charge in [-0.2, -0.15) is 0 Å². The maximum Gasteiger partial charge on any atom is 0.241 e. The van der Waals surface area contributed by atoms with Crippen LogP contribution in [0.5, 0.6) is 0 Å². The van der Waals surface area contributed by atoms with Crippen LogP contribution < -0.4 is 5.32 Å². The number of likely N-dealkylation sites (tertiary alicyclic amines) is 1. The number of hydrogen-bond donors (Lipinski definition) is 2. The Balaban J connectivity index is 1.97. The first kappa shape index (κ1) is 15.2. The van der Waals surface area contributed by atoms with Gasteiger partial charge in [0.1, 0.15) is 5.82 Å². The van der Waals surface area contributed by atoms with E-state index < -0.39 is 5.82 Å². The molecule has 1 saturated heterocycles. The number of rotatable bonds is 3. The molecule has 0 aliphatic carbocycles. The molecule has 0 spiro atoms. The molecule has 1 unspecified atom stereocenters. The number of aliphatic hydroxyl groups excluding tert-OH is 1. The number of nitrogens with zero attached hydrogens (tertiary/aromatic N) is 1. The van der Waals surface area contributed by atoms with Gasteiger partial charge in [-0.15, -0.1) is 0 Å². The van der Waals surface area contributed by atoms with Gasteiger partial charge in [-0.3, -0.25) is 9.69 Å². The smallest absolute Gasteiger partial charge is 0.241 e. The molecule has 1 aromatic carbocycles. The average Bonchev–Trinajstić information content (AvgIpc) is 2.42. The van der Waals surface area contributed by atoms with Crippen LogP contribution in [-0.4, -0.2) is 41.1 Å². The van der Waals surface area contributed by atoms with Crippen molar-refractivity contribution in [1.29, 1.82) is 0 Å². The molecule has 0 saturated carbocycles. The summed E-state index contributed by atoms with van der Waals surface area (Å²) in [4.78, 5) is 14.1. The van der Waals surface area contributed by atoms with Gasteiger partial charge in [-0.05, 0) is 38.0 Å². The zero-order valence-electron chi connectivity index (χ0n) is 11.3. The first-order valence-electron chi connectivity index (χ1n) is 6.65. The standard InChI is InChI=1S/C14H18ClFN2O2/c1-9(18-6-4-11(19)5-7-18)14(20)17-13-3-2-10(15)8-12(13)16/h2-3,8-9,11,19H,4-7H2,1H3,(H,17,20). The fraction of sp³-hybridized carbons (Fsp3) is 0.500. The summed E-state index contributed by atoms with van der Waals surface area (Å²) in [7, 11) is 0. The van der Waals surface area contributed by atoms with Gasteiger partial charge in [0, 0.05) is 18.1 Å². The molecule has 1 aromatic rings. The summed E-state index contributed by atoms with van der Waals surface area (Å²) in [6.07, 6.45) is 1.04. The summed E-state index contributed by atoms with van der Waals surface area (Å²) in [6, 6.07) is 3.78. The minimum Gasteiger partial charge on any atom is -0.393 e. The summed E-state index contributed by atoms with van der Waals surface area (Å²) >= 11 is 5.67. The van der Waals surface area contributed by atoms with Crippen molar-refractivity contribution < 1.29 is 14.3 Å². The van der Waals surface area contributed by atoms with Crippen LogP contribution in [0.4, 0.5) is 10.1 Å². The molecule has 1 amide bonds. The summed E-state index contributed by atoms with van der Waals surface area (Å²) in [5.74, 6) is -0.810. The zero-order chi connectivity index (χ0) is 14.7. The molecule has 1 fully saturated rings. The molecule has 110 valence electrons. The van der Waals surface area contributed by atoms with Crippen molar-refractivity contribution >= 4 is 23.2 Å². The minimum absolute atomic E-state index is 0.128. The van der Waals surface area contributed by atoms with E-state index in [0.29, 0.717) is 31.0 Å². The van der Waals surface area contributed by atoms with Crippen LogP contribution in [0.3, 0.4) is 0 Å². The van der Waals surface area contributed by atoms with Crippen molar-refractivity contribution in [3.8, 4) is 0 Å². The van der Waals surface area contributed by atoms with Crippen molar-refractivity contribution in [3.05, 3.63) is 29.0 Å². The van der Waals surface area contributed by atoms with E-state index in [1.165, 1.54) is 18.2 Å². The Morgan fingerprint density at radius 3 is 2.75 bits per heavy atom. The topological polar surface area (TPSA) is 52.6 Å². The number of carbonyl (C=O) groups excluding carboxylic acids is 1. The maximum atomic E-state index is 13.6. The molecule has 0 radical (unpaired) electrons. The largest absolute Gasteiger partial charge is 0.393 e. The normalized spacial score (nSPS) is 18.8. The van der Waals surface area contributed by atoms with E-state index in [-0.39, 0.29) is 23.7 Å². The zero-order valence-corrected chi connectivity index (χ0v) is 12.0. The van der Waals surface area contributed by atoms with E-state index in [2.05, 4.69) is 5.32 Å². The van der Waals surface area contributed by atoms with Gasteiger partial charge in [-0.1, -0.05) is 11.6 Å². The van der Waals surface area contributed by atoms with E-state index in [9.17, 15) is 14.3 Å². The molecule has 0 bridgehead atoms. The van der Waals surface area contributed by atoms with Crippen LogP contribution in [0, 0.1) is 5.82 Å². The first-order chi connectivity index (χ1) is 9.47. The lowest BCUT2D eigenvalue weighted by atomic mass is 10.1. The molecule has 0 aromatic heterocycles. The van der Waals surface area contributed by atoms with Crippen LogP contribution in [0.1, 0.15) is 19.8 Å². The third-order valence-corrected chi connectivity index (χ3v) is 3.85. The molecule has 2 N–H and O–H groups in total. The lowest BCUT2D eigenvalue weighted by molar-refractivity contribution is -0.121. The number of aliphatic hydroxyl groups is 1. The Morgan fingerprint density at radius 2 is 2.15 bits per heavy atom. The molecule has 1 heterocycles. The predicted octanol–water partition coefficient (Wildman–Crippen LogP) is 2.26. The predicted molar refractivity (Wildman–Crippen MR) is 76.3 cm³/mol. The molecular formula is C14H18ClFN2O2. The molecule has 4 nitrogen and oxygen atoms in total. The van der Waals surface area contributed by atoms with Gasteiger partial charge < -0.3 is 10.4 Å². The Labute approximate surface area is 122 Å². The van der Waals surface area contributed by atoms with E-state index in [0.717, 1.165) is 0 Å². The fourth-order valence-corrected chi connectivity index (χ4v) is 2.43. The molecular weight excluding hydrogens is 283 g/mol. The van der Waals surface area contributed by atoms with E-state index in [1.807, 2.05) is 4.90 Å². The molecule has 6 heteroatoms.